The van der Waals surface area contributed by atoms with Crippen molar-refractivity contribution in [2.45, 2.75) is 13.5 Å². The smallest absolute Gasteiger partial charge is 0.300 e. The third-order valence-corrected chi connectivity index (χ3v) is 2.47. The third kappa shape index (κ3) is 3.06. The minimum atomic E-state index is -0.712. The number of pyridine rings is 1. The molecule has 10 heteroatoms. The summed E-state index contributed by atoms with van der Waals surface area (Å²) in [6, 6.07) is 1.12. The molecule has 0 aliphatic carbocycles. The highest BCUT2D eigenvalue weighted by molar-refractivity contribution is 6.29. The van der Waals surface area contributed by atoms with Crippen LogP contribution in [-0.4, -0.2) is 26.0 Å². The normalized spacial score (nSPS) is 10.3. The topological polar surface area (TPSA) is 124 Å². The van der Waals surface area contributed by atoms with E-state index in [2.05, 4.69) is 20.4 Å². The molecule has 1 N–H and O–H groups in total. The molecule has 2 aromatic rings. The highest BCUT2D eigenvalue weighted by atomic mass is 35.5. The summed E-state index contributed by atoms with van der Waals surface area (Å²) >= 11 is 5.63. The van der Waals surface area contributed by atoms with Gasteiger partial charge in [0.1, 0.15) is 16.9 Å². The molecule has 9 nitrogen and oxygen atoms in total. The molecule has 1 amide bonds. The van der Waals surface area contributed by atoms with E-state index in [1.807, 2.05) is 0 Å². The van der Waals surface area contributed by atoms with Gasteiger partial charge in [-0.15, -0.1) is 0 Å². The van der Waals surface area contributed by atoms with Crippen LogP contribution >= 0.6 is 11.6 Å². The molecule has 2 aromatic heterocycles. The van der Waals surface area contributed by atoms with Crippen LogP contribution in [0.15, 0.2) is 16.8 Å². The lowest BCUT2D eigenvalue weighted by atomic mass is 10.2. The Balaban J connectivity index is 2.16. The van der Waals surface area contributed by atoms with E-state index in [4.69, 9.17) is 16.1 Å². The highest BCUT2D eigenvalue weighted by Crippen LogP contribution is 2.20. The molecule has 0 spiro atoms. The van der Waals surface area contributed by atoms with E-state index in [9.17, 15) is 14.9 Å². The van der Waals surface area contributed by atoms with Crippen LogP contribution in [0.4, 0.5) is 5.69 Å². The minimum Gasteiger partial charge on any atom is -0.344 e. The number of amides is 1. The van der Waals surface area contributed by atoms with Crippen LogP contribution in [0.2, 0.25) is 5.15 Å². The van der Waals surface area contributed by atoms with E-state index in [1.165, 1.54) is 0 Å². The van der Waals surface area contributed by atoms with Gasteiger partial charge in [0.25, 0.3) is 11.6 Å². The number of carbonyl (C=O) groups is 1. The van der Waals surface area contributed by atoms with Crippen molar-refractivity contribution in [3.8, 4) is 0 Å². The monoisotopic (exact) mass is 297 g/mol. The largest absolute Gasteiger partial charge is 0.344 e. The van der Waals surface area contributed by atoms with E-state index < -0.39 is 16.5 Å². The number of nitro groups is 1. The van der Waals surface area contributed by atoms with Crippen molar-refractivity contribution in [2.75, 3.05) is 0 Å². The van der Waals surface area contributed by atoms with Gasteiger partial charge in [0, 0.05) is 6.92 Å². The Morgan fingerprint density at radius 1 is 1.60 bits per heavy atom. The molecule has 0 saturated carbocycles. The Bertz CT molecular complexity index is 671. The molecular weight excluding hydrogens is 290 g/mol. The molecule has 2 rings (SSSR count). The first kappa shape index (κ1) is 13.9. The van der Waals surface area contributed by atoms with Crippen LogP contribution in [0.25, 0.3) is 0 Å². The van der Waals surface area contributed by atoms with Crippen molar-refractivity contribution in [1.29, 1.82) is 0 Å². The zero-order chi connectivity index (χ0) is 14.7. The van der Waals surface area contributed by atoms with Gasteiger partial charge in [-0.2, -0.15) is 4.98 Å². The first-order valence-electron chi connectivity index (χ1n) is 5.34. The zero-order valence-electron chi connectivity index (χ0n) is 10.2. The van der Waals surface area contributed by atoms with E-state index in [-0.39, 0.29) is 23.1 Å². The summed E-state index contributed by atoms with van der Waals surface area (Å²) in [6.45, 7) is 1.58. The Kier molecular flexibility index (Phi) is 3.89. The van der Waals surface area contributed by atoms with Crippen molar-refractivity contribution < 1.29 is 14.2 Å². The summed E-state index contributed by atoms with van der Waals surface area (Å²) in [5.41, 5.74) is -0.619. The second kappa shape index (κ2) is 5.61. The fourth-order valence-corrected chi connectivity index (χ4v) is 1.58. The van der Waals surface area contributed by atoms with Crippen molar-refractivity contribution in [2.24, 2.45) is 0 Å². The first-order chi connectivity index (χ1) is 9.47. The van der Waals surface area contributed by atoms with Crippen molar-refractivity contribution in [1.82, 2.24) is 20.4 Å². The van der Waals surface area contributed by atoms with Crippen molar-refractivity contribution in [3.05, 3.63) is 44.8 Å². The fraction of sp³-hybridized carbons (Fsp3) is 0.200. The number of rotatable bonds is 4. The summed E-state index contributed by atoms with van der Waals surface area (Å²) in [6.07, 6.45) is 0.926. The number of nitrogens with one attached hydrogen (secondary N) is 1. The molecule has 0 radical (unpaired) electrons. The lowest BCUT2D eigenvalue weighted by Gasteiger charge is -2.03. The Labute approximate surface area is 117 Å². The lowest BCUT2D eigenvalue weighted by Crippen LogP contribution is -2.24. The molecule has 0 aliphatic rings. The van der Waals surface area contributed by atoms with E-state index in [1.54, 1.807) is 6.92 Å². The van der Waals surface area contributed by atoms with Crippen molar-refractivity contribution in [3.63, 3.8) is 0 Å². The summed E-state index contributed by atoms with van der Waals surface area (Å²) in [5, 5.41) is 16.8. The maximum absolute atomic E-state index is 11.9. The molecule has 0 saturated heterocycles. The number of halogens is 1. The summed E-state index contributed by atoms with van der Waals surface area (Å²) in [4.78, 5) is 29.5. The van der Waals surface area contributed by atoms with Crippen LogP contribution < -0.4 is 5.32 Å². The SMILES string of the molecule is Cc1nc(CNC(=O)c2cc(Cl)ncc2[N+](=O)[O-])no1. The minimum absolute atomic E-state index is 0.0174. The van der Waals surface area contributed by atoms with Gasteiger partial charge in [0.2, 0.25) is 5.89 Å². The molecule has 0 unspecified atom stereocenters. The summed E-state index contributed by atoms with van der Waals surface area (Å²) in [5.74, 6) is -0.0608. The van der Waals surface area contributed by atoms with Gasteiger partial charge >= 0.3 is 0 Å². The van der Waals surface area contributed by atoms with Crippen molar-refractivity contribution >= 4 is 23.2 Å². The van der Waals surface area contributed by atoms with Gasteiger partial charge in [-0.05, 0) is 6.07 Å². The molecule has 0 atom stereocenters. The predicted octanol–water partition coefficient (Wildman–Crippen LogP) is 1.26. The Morgan fingerprint density at radius 2 is 2.35 bits per heavy atom. The van der Waals surface area contributed by atoms with Gasteiger partial charge in [-0.1, -0.05) is 16.8 Å². The molecule has 0 aliphatic heterocycles. The quantitative estimate of drug-likeness (QED) is 0.511. The molecule has 2 heterocycles. The summed E-state index contributed by atoms with van der Waals surface area (Å²) < 4.78 is 4.73. The van der Waals surface area contributed by atoms with Gasteiger partial charge < -0.3 is 9.84 Å². The summed E-state index contributed by atoms with van der Waals surface area (Å²) in [7, 11) is 0. The van der Waals surface area contributed by atoms with Crippen LogP contribution in [0.1, 0.15) is 22.1 Å². The van der Waals surface area contributed by atoms with E-state index >= 15 is 0 Å². The molecule has 0 fully saturated rings. The lowest BCUT2D eigenvalue weighted by molar-refractivity contribution is -0.385. The van der Waals surface area contributed by atoms with Crippen LogP contribution in [0.3, 0.4) is 0 Å². The molecule has 104 valence electrons. The average Bonchev–Trinajstić information content (AvgIpc) is 2.81. The molecular formula is C10H8ClN5O4. The number of hydrogen-bond donors (Lipinski definition) is 1. The number of hydrogen-bond acceptors (Lipinski definition) is 7. The van der Waals surface area contributed by atoms with Crippen LogP contribution in [0, 0.1) is 17.0 Å². The second-order valence-corrected chi connectivity index (χ2v) is 4.08. The second-order valence-electron chi connectivity index (χ2n) is 3.69. The maximum Gasteiger partial charge on any atom is 0.300 e. The Morgan fingerprint density at radius 3 is 2.95 bits per heavy atom. The maximum atomic E-state index is 11.9. The van der Waals surface area contributed by atoms with Crippen LogP contribution in [-0.2, 0) is 6.54 Å². The van der Waals surface area contributed by atoms with E-state index in [0.29, 0.717) is 5.89 Å². The third-order valence-electron chi connectivity index (χ3n) is 2.27. The van der Waals surface area contributed by atoms with Gasteiger partial charge in [0.05, 0.1) is 11.5 Å². The van der Waals surface area contributed by atoms with Gasteiger partial charge in [-0.25, -0.2) is 4.98 Å². The molecule has 20 heavy (non-hydrogen) atoms. The molecule has 0 bridgehead atoms. The zero-order valence-corrected chi connectivity index (χ0v) is 10.9. The highest BCUT2D eigenvalue weighted by Gasteiger charge is 2.21. The standard InChI is InChI=1S/C10H8ClN5O4/c1-5-14-9(15-20-5)4-13-10(17)6-2-8(11)12-3-7(6)16(18)19/h2-3H,4H2,1H3,(H,13,17). The first-order valence-corrected chi connectivity index (χ1v) is 5.72. The Hall–Kier alpha value is -2.55. The fourth-order valence-electron chi connectivity index (χ4n) is 1.42. The number of nitrogens with zero attached hydrogens (tertiary/aromatic N) is 4. The van der Waals surface area contributed by atoms with Gasteiger partial charge in [0.15, 0.2) is 5.82 Å². The number of carbonyl (C=O) groups excluding carboxylic acids is 1. The number of aromatic nitrogens is 3. The average molecular weight is 298 g/mol. The predicted molar refractivity (Wildman–Crippen MR) is 66.1 cm³/mol. The molecule has 0 aromatic carbocycles. The van der Waals surface area contributed by atoms with Gasteiger partial charge in [-0.3, -0.25) is 14.9 Å². The number of aryl methyl sites for hydroxylation is 1. The van der Waals surface area contributed by atoms with E-state index in [0.717, 1.165) is 12.3 Å². The van der Waals surface area contributed by atoms with Crippen LogP contribution in [0.5, 0.6) is 0 Å².